The first-order chi connectivity index (χ1) is 8.59. The van der Waals surface area contributed by atoms with E-state index >= 15 is 0 Å². The van der Waals surface area contributed by atoms with E-state index in [9.17, 15) is 9.59 Å². The maximum atomic E-state index is 12.0. The first kappa shape index (κ1) is 12.7. The molecule has 5 nitrogen and oxygen atoms in total. The molecule has 92 valence electrons. The van der Waals surface area contributed by atoms with Crippen LogP contribution in [-0.2, 0) is 0 Å². The Hall–Kier alpha value is -1.73. The van der Waals surface area contributed by atoms with Crippen molar-refractivity contribution in [3.63, 3.8) is 0 Å². The SMILES string of the molecule is NC(=O)c1ccsc1NC(=O)c1ncccc1Br. The van der Waals surface area contributed by atoms with Gasteiger partial charge in [0, 0.05) is 10.7 Å². The van der Waals surface area contributed by atoms with E-state index < -0.39 is 11.8 Å². The van der Waals surface area contributed by atoms with E-state index in [1.165, 1.54) is 17.5 Å². The van der Waals surface area contributed by atoms with E-state index in [0.717, 1.165) is 0 Å². The van der Waals surface area contributed by atoms with E-state index in [0.29, 0.717) is 15.0 Å². The summed E-state index contributed by atoms with van der Waals surface area (Å²) in [5.74, 6) is -0.973. The average molecular weight is 326 g/mol. The van der Waals surface area contributed by atoms with E-state index in [1.54, 1.807) is 23.6 Å². The Morgan fingerprint density at radius 1 is 1.39 bits per heavy atom. The van der Waals surface area contributed by atoms with Gasteiger partial charge in [-0.25, -0.2) is 4.98 Å². The third-order valence-corrected chi connectivity index (χ3v) is 3.60. The Bertz CT molecular complexity index is 612. The van der Waals surface area contributed by atoms with Crippen molar-refractivity contribution >= 4 is 44.1 Å². The number of nitrogens with zero attached hydrogens (tertiary/aromatic N) is 1. The number of carbonyl (C=O) groups is 2. The minimum Gasteiger partial charge on any atom is -0.366 e. The zero-order chi connectivity index (χ0) is 13.1. The van der Waals surface area contributed by atoms with Gasteiger partial charge >= 0.3 is 0 Å². The standard InChI is InChI=1S/C11H8BrN3O2S/c12-7-2-1-4-14-8(7)10(17)15-11-6(9(13)16)3-5-18-11/h1-5H,(H2,13,16)(H,15,17). The second kappa shape index (κ2) is 5.28. The fourth-order valence-corrected chi connectivity index (χ4v) is 2.54. The number of nitrogens with two attached hydrogens (primary N) is 1. The van der Waals surface area contributed by atoms with Crippen LogP contribution in [0.1, 0.15) is 20.8 Å². The maximum Gasteiger partial charge on any atom is 0.276 e. The minimum atomic E-state index is -0.577. The van der Waals surface area contributed by atoms with Gasteiger partial charge in [0.05, 0.1) is 5.56 Å². The zero-order valence-corrected chi connectivity index (χ0v) is 11.4. The van der Waals surface area contributed by atoms with Crippen LogP contribution in [0.25, 0.3) is 0 Å². The fraction of sp³-hybridized carbons (Fsp3) is 0. The van der Waals surface area contributed by atoms with Crippen LogP contribution in [-0.4, -0.2) is 16.8 Å². The van der Waals surface area contributed by atoms with Crippen molar-refractivity contribution in [2.45, 2.75) is 0 Å². The van der Waals surface area contributed by atoms with Crippen LogP contribution >= 0.6 is 27.3 Å². The highest BCUT2D eigenvalue weighted by Crippen LogP contribution is 2.24. The Morgan fingerprint density at radius 2 is 2.17 bits per heavy atom. The third kappa shape index (κ3) is 2.57. The summed E-state index contributed by atoms with van der Waals surface area (Å²) in [5, 5.41) is 4.72. The van der Waals surface area contributed by atoms with Gasteiger partial charge in [-0.3, -0.25) is 9.59 Å². The number of rotatable bonds is 3. The number of hydrogen-bond acceptors (Lipinski definition) is 4. The molecule has 18 heavy (non-hydrogen) atoms. The number of pyridine rings is 1. The van der Waals surface area contributed by atoms with Gasteiger partial charge < -0.3 is 11.1 Å². The monoisotopic (exact) mass is 325 g/mol. The van der Waals surface area contributed by atoms with E-state index in [2.05, 4.69) is 26.2 Å². The van der Waals surface area contributed by atoms with Gasteiger partial charge in [-0.15, -0.1) is 11.3 Å². The van der Waals surface area contributed by atoms with Crippen LogP contribution in [0.3, 0.4) is 0 Å². The maximum absolute atomic E-state index is 12.0. The molecular formula is C11H8BrN3O2S. The van der Waals surface area contributed by atoms with Crippen LogP contribution < -0.4 is 11.1 Å². The number of nitrogens with one attached hydrogen (secondary N) is 1. The number of anilines is 1. The smallest absolute Gasteiger partial charge is 0.276 e. The lowest BCUT2D eigenvalue weighted by Crippen LogP contribution is -2.17. The topological polar surface area (TPSA) is 85.1 Å². The number of aromatic nitrogens is 1. The summed E-state index contributed by atoms with van der Waals surface area (Å²) in [6, 6.07) is 4.99. The van der Waals surface area contributed by atoms with Gasteiger partial charge in [0.1, 0.15) is 10.7 Å². The number of hydrogen-bond donors (Lipinski definition) is 2. The zero-order valence-electron chi connectivity index (χ0n) is 9.01. The molecule has 0 saturated heterocycles. The molecule has 2 aromatic rings. The molecule has 0 spiro atoms. The molecule has 0 saturated carbocycles. The number of amides is 2. The molecule has 0 radical (unpaired) electrons. The van der Waals surface area contributed by atoms with Crippen LogP contribution in [0.15, 0.2) is 34.2 Å². The molecule has 0 bridgehead atoms. The summed E-state index contributed by atoms with van der Waals surface area (Å²) in [6.45, 7) is 0. The lowest BCUT2D eigenvalue weighted by molar-refractivity contribution is 0.100. The van der Waals surface area contributed by atoms with Crippen molar-refractivity contribution < 1.29 is 9.59 Å². The molecule has 0 aromatic carbocycles. The van der Waals surface area contributed by atoms with Crippen molar-refractivity contribution in [2.75, 3.05) is 5.32 Å². The second-order valence-corrected chi connectivity index (χ2v) is 5.09. The number of thiophene rings is 1. The van der Waals surface area contributed by atoms with Crippen LogP contribution in [0.2, 0.25) is 0 Å². The van der Waals surface area contributed by atoms with E-state index in [4.69, 9.17) is 5.73 Å². The molecule has 2 aromatic heterocycles. The largest absolute Gasteiger partial charge is 0.366 e. The Kier molecular flexibility index (Phi) is 3.73. The molecule has 0 aliphatic heterocycles. The predicted molar refractivity (Wildman–Crippen MR) is 72.7 cm³/mol. The molecule has 3 N–H and O–H groups in total. The summed E-state index contributed by atoms with van der Waals surface area (Å²) in [6.07, 6.45) is 1.52. The highest BCUT2D eigenvalue weighted by Gasteiger charge is 2.16. The minimum absolute atomic E-state index is 0.251. The molecule has 7 heteroatoms. The van der Waals surface area contributed by atoms with E-state index in [-0.39, 0.29) is 5.69 Å². The van der Waals surface area contributed by atoms with Gasteiger partial charge in [0.15, 0.2) is 0 Å². The highest BCUT2D eigenvalue weighted by atomic mass is 79.9. The average Bonchev–Trinajstić information content (AvgIpc) is 2.77. The van der Waals surface area contributed by atoms with Gasteiger partial charge in [0.25, 0.3) is 11.8 Å². The summed E-state index contributed by atoms with van der Waals surface area (Å²) in [4.78, 5) is 27.0. The lowest BCUT2D eigenvalue weighted by atomic mass is 10.3. The first-order valence-electron chi connectivity index (χ1n) is 4.88. The molecule has 0 unspecified atom stereocenters. The summed E-state index contributed by atoms with van der Waals surface area (Å²) < 4.78 is 0.583. The number of carbonyl (C=O) groups excluding carboxylic acids is 2. The first-order valence-corrected chi connectivity index (χ1v) is 6.56. The molecule has 0 atom stereocenters. The van der Waals surface area contributed by atoms with Crippen molar-refractivity contribution in [1.82, 2.24) is 4.98 Å². The third-order valence-electron chi connectivity index (χ3n) is 2.13. The summed E-state index contributed by atoms with van der Waals surface area (Å²) >= 11 is 4.47. The molecule has 0 fully saturated rings. The van der Waals surface area contributed by atoms with Crippen LogP contribution in [0.4, 0.5) is 5.00 Å². The summed E-state index contributed by atoms with van der Waals surface area (Å²) in [5.41, 5.74) is 5.74. The van der Waals surface area contributed by atoms with Gasteiger partial charge in [0.2, 0.25) is 0 Å². The molecule has 2 heterocycles. The Labute approximate surface area is 115 Å². The van der Waals surface area contributed by atoms with Gasteiger partial charge in [-0.1, -0.05) is 0 Å². The molecule has 2 rings (SSSR count). The van der Waals surface area contributed by atoms with Crippen molar-refractivity contribution in [2.24, 2.45) is 5.73 Å². The number of primary amides is 1. The Balaban J connectivity index is 2.25. The summed E-state index contributed by atoms with van der Waals surface area (Å²) in [7, 11) is 0. The molecule has 0 aliphatic carbocycles. The molecule has 0 aliphatic rings. The van der Waals surface area contributed by atoms with Gasteiger partial charge in [-0.2, -0.15) is 0 Å². The van der Waals surface area contributed by atoms with Crippen LogP contribution in [0.5, 0.6) is 0 Å². The highest BCUT2D eigenvalue weighted by molar-refractivity contribution is 9.10. The lowest BCUT2D eigenvalue weighted by Gasteiger charge is -2.05. The van der Waals surface area contributed by atoms with Crippen molar-refractivity contribution in [3.05, 3.63) is 45.5 Å². The molecular weight excluding hydrogens is 318 g/mol. The fourth-order valence-electron chi connectivity index (χ4n) is 1.32. The molecule has 2 amide bonds. The number of halogens is 1. The van der Waals surface area contributed by atoms with E-state index in [1.807, 2.05) is 0 Å². The van der Waals surface area contributed by atoms with Crippen molar-refractivity contribution in [1.29, 1.82) is 0 Å². The quantitative estimate of drug-likeness (QED) is 0.907. The Morgan fingerprint density at radius 3 is 2.83 bits per heavy atom. The van der Waals surface area contributed by atoms with Crippen LogP contribution in [0, 0.1) is 0 Å². The van der Waals surface area contributed by atoms with Crippen molar-refractivity contribution in [3.8, 4) is 0 Å². The predicted octanol–water partition coefficient (Wildman–Crippen LogP) is 2.26. The van der Waals surface area contributed by atoms with Gasteiger partial charge in [-0.05, 0) is 39.5 Å². The normalized spacial score (nSPS) is 10.1. The second-order valence-electron chi connectivity index (χ2n) is 3.32.